The van der Waals surface area contributed by atoms with Gasteiger partial charge in [0.2, 0.25) is 11.8 Å². The van der Waals surface area contributed by atoms with Crippen LogP contribution in [-0.4, -0.2) is 46.9 Å². The number of aliphatic hydroxyl groups excluding tert-OH is 1. The van der Waals surface area contributed by atoms with Crippen LogP contribution in [0.4, 0.5) is 32.0 Å². The number of amides is 2. The quantitative estimate of drug-likeness (QED) is 0.0971. The standard InChI is InChI=1S/C36H34BF6NO6/c1-2-5-19(12-20-9-10-29(46)26-7-4-3-6-25(20)26)8-11-30-31-21(18-45)13-27-32(28(31)17-37(49)50-30)34(48)44(33(27)47)24-15-22(35(38,39)40)14-23(16-24)36(41,42)43/h3-4,6-7,9-10,12,14-16,27-28,30,32,45-46,49H,2,5,8,11,13,17-18H2,1H3/b19-12+/t27-,28+,30-,32-/m1/s1. The lowest BCUT2D eigenvalue weighted by Crippen LogP contribution is -2.46. The zero-order valence-corrected chi connectivity index (χ0v) is 26.9. The summed E-state index contributed by atoms with van der Waals surface area (Å²) in [7, 11) is -1.38. The van der Waals surface area contributed by atoms with Crippen LogP contribution in [0.5, 0.6) is 5.75 Å². The fraction of sp³-hybridized carbons (Fsp3) is 0.389. The number of nitrogens with zero attached hydrogens (tertiary/aromatic N) is 1. The number of hydrogen-bond donors (Lipinski definition) is 3. The average Bonchev–Trinajstić information content (AvgIpc) is 3.32. The van der Waals surface area contributed by atoms with Crippen LogP contribution in [0.2, 0.25) is 6.32 Å². The summed E-state index contributed by atoms with van der Waals surface area (Å²) in [5, 5.41) is 33.1. The molecule has 264 valence electrons. The highest BCUT2D eigenvalue weighted by molar-refractivity contribution is 6.43. The Balaban J connectivity index is 1.32. The lowest BCUT2D eigenvalue weighted by molar-refractivity contribution is -0.143. The number of alkyl halides is 6. The fourth-order valence-corrected chi connectivity index (χ4v) is 7.79. The molecule has 0 spiro atoms. The molecular formula is C36H34BF6NO6. The molecule has 0 unspecified atom stereocenters. The lowest BCUT2D eigenvalue weighted by atomic mass is 9.58. The molecule has 0 aromatic heterocycles. The number of phenolic OH excluding ortho intramolecular Hbond substituents is 1. The number of carbonyl (C=O) groups excluding carboxylic acids is 2. The van der Waals surface area contributed by atoms with Gasteiger partial charge in [0.15, 0.2) is 0 Å². The Bertz CT molecular complexity index is 1860. The first-order valence-electron chi connectivity index (χ1n) is 16.4. The van der Waals surface area contributed by atoms with E-state index in [1.165, 1.54) is 0 Å². The molecule has 50 heavy (non-hydrogen) atoms. The smallest absolute Gasteiger partial charge is 0.455 e. The number of carbonyl (C=O) groups is 2. The third kappa shape index (κ3) is 6.68. The van der Waals surface area contributed by atoms with E-state index in [1.807, 2.05) is 43.3 Å². The molecule has 6 rings (SSSR count). The van der Waals surface area contributed by atoms with Gasteiger partial charge in [-0.05, 0) is 84.3 Å². The highest BCUT2D eigenvalue weighted by Gasteiger charge is 2.58. The maximum atomic E-state index is 13.9. The van der Waals surface area contributed by atoms with Crippen LogP contribution >= 0.6 is 0 Å². The van der Waals surface area contributed by atoms with E-state index in [2.05, 4.69) is 0 Å². The first-order chi connectivity index (χ1) is 23.6. The van der Waals surface area contributed by atoms with Crippen molar-refractivity contribution >= 4 is 41.5 Å². The Labute approximate surface area is 284 Å². The lowest BCUT2D eigenvalue weighted by Gasteiger charge is -2.43. The van der Waals surface area contributed by atoms with Gasteiger partial charge in [-0.2, -0.15) is 26.3 Å². The monoisotopic (exact) mass is 701 g/mol. The van der Waals surface area contributed by atoms with Crippen LogP contribution in [0.1, 0.15) is 55.7 Å². The number of hydrogen-bond acceptors (Lipinski definition) is 6. The Hall–Kier alpha value is -4.14. The van der Waals surface area contributed by atoms with Gasteiger partial charge in [0, 0.05) is 5.39 Å². The van der Waals surface area contributed by atoms with Gasteiger partial charge in [-0.25, -0.2) is 4.90 Å². The third-order valence-electron chi connectivity index (χ3n) is 9.92. The summed E-state index contributed by atoms with van der Waals surface area (Å²) < 4.78 is 87.9. The maximum Gasteiger partial charge on any atom is 0.455 e. The number of halogens is 6. The minimum absolute atomic E-state index is 0.0735. The summed E-state index contributed by atoms with van der Waals surface area (Å²) in [5.74, 6) is -4.98. The number of rotatable bonds is 8. The predicted octanol–water partition coefficient (Wildman–Crippen LogP) is 7.54. The highest BCUT2D eigenvalue weighted by atomic mass is 19.4. The van der Waals surface area contributed by atoms with E-state index in [9.17, 15) is 51.2 Å². The second kappa shape index (κ2) is 13.5. The minimum Gasteiger partial charge on any atom is -0.507 e. The summed E-state index contributed by atoms with van der Waals surface area (Å²) in [6.45, 7) is 1.50. The van der Waals surface area contributed by atoms with Gasteiger partial charge >= 0.3 is 19.5 Å². The largest absolute Gasteiger partial charge is 0.507 e. The molecule has 1 aliphatic carbocycles. The summed E-state index contributed by atoms with van der Waals surface area (Å²) in [6.07, 6.45) is -7.12. The molecular weight excluding hydrogens is 667 g/mol. The van der Waals surface area contributed by atoms with E-state index in [0.29, 0.717) is 52.8 Å². The number of imide groups is 1. The molecule has 14 heteroatoms. The molecule has 3 N–H and O–H groups in total. The number of fused-ring (bicyclic) bond motifs is 4. The first kappa shape index (κ1) is 35.7. The molecule has 3 aromatic rings. The molecule has 0 bridgehead atoms. The van der Waals surface area contributed by atoms with Crippen LogP contribution in [-0.2, 0) is 26.6 Å². The molecule has 0 saturated carbocycles. The normalized spacial score (nSPS) is 23.2. The zero-order chi connectivity index (χ0) is 36.1. The highest BCUT2D eigenvalue weighted by Crippen LogP contribution is 2.52. The van der Waals surface area contributed by atoms with E-state index in [4.69, 9.17) is 4.65 Å². The fourth-order valence-electron chi connectivity index (χ4n) is 7.79. The number of anilines is 1. The zero-order valence-electron chi connectivity index (χ0n) is 26.9. The molecule has 0 radical (unpaired) electrons. The number of phenols is 1. The van der Waals surface area contributed by atoms with Gasteiger partial charge in [0.25, 0.3) is 0 Å². The summed E-state index contributed by atoms with van der Waals surface area (Å²) >= 11 is 0. The molecule has 2 amide bonds. The van der Waals surface area contributed by atoms with Crippen molar-refractivity contribution in [2.45, 2.75) is 63.8 Å². The van der Waals surface area contributed by atoms with Crippen LogP contribution < -0.4 is 4.90 Å². The van der Waals surface area contributed by atoms with E-state index in [1.54, 1.807) is 6.07 Å². The second-order valence-electron chi connectivity index (χ2n) is 13.1. The average molecular weight is 701 g/mol. The predicted molar refractivity (Wildman–Crippen MR) is 174 cm³/mol. The van der Waals surface area contributed by atoms with Gasteiger partial charge in [-0.1, -0.05) is 55.3 Å². The van der Waals surface area contributed by atoms with Crippen LogP contribution in [0, 0.1) is 17.8 Å². The van der Waals surface area contributed by atoms with Crippen molar-refractivity contribution in [3.05, 3.63) is 88.0 Å². The van der Waals surface area contributed by atoms with Crippen molar-refractivity contribution in [1.29, 1.82) is 0 Å². The molecule has 2 fully saturated rings. The van der Waals surface area contributed by atoms with Crippen molar-refractivity contribution in [2.75, 3.05) is 11.5 Å². The van der Waals surface area contributed by atoms with Crippen LogP contribution in [0.15, 0.2) is 71.3 Å². The SMILES string of the molecule is CCC/C(=C\c1ccc(O)c2ccccc12)CC[C@H]1OB(O)C[C@H]2C1=C(CO)C[C@H]1C(=O)N(c3cc(C(F)(F)F)cc(C(F)(F)F)c3)C(=O)[C@H]12. The Morgan fingerprint density at radius 3 is 2.22 bits per heavy atom. The Kier molecular flexibility index (Phi) is 9.66. The Morgan fingerprint density at radius 1 is 0.940 bits per heavy atom. The van der Waals surface area contributed by atoms with E-state index >= 15 is 0 Å². The van der Waals surface area contributed by atoms with Gasteiger partial charge in [-0.3, -0.25) is 9.59 Å². The summed E-state index contributed by atoms with van der Waals surface area (Å²) in [4.78, 5) is 28.0. The van der Waals surface area contributed by atoms with Crippen LogP contribution in [0.3, 0.4) is 0 Å². The number of aromatic hydroxyl groups is 1. The molecule has 2 saturated heterocycles. The van der Waals surface area contributed by atoms with Gasteiger partial charge in [0.1, 0.15) is 5.75 Å². The van der Waals surface area contributed by atoms with Crippen LogP contribution in [0.25, 0.3) is 16.8 Å². The number of benzene rings is 3. The van der Waals surface area contributed by atoms with E-state index in [-0.39, 0.29) is 24.6 Å². The van der Waals surface area contributed by atoms with Crippen molar-refractivity contribution in [3.8, 4) is 5.75 Å². The van der Waals surface area contributed by atoms with Crippen molar-refractivity contribution in [2.24, 2.45) is 17.8 Å². The number of aliphatic hydroxyl groups is 1. The second-order valence-corrected chi connectivity index (χ2v) is 13.1. The molecule has 4 atom stereocenters. The van der Waals surface area contributed by atoms with E-state index < -0.39 is 78.6 Å². The van der Waals surface area contributed by atoms with Crippen molar-refractivity contribution < 1.29 is 55.8 Å². The Morgan fingerprint density at radius 2 is 1.60 bits per heavy atom. The van der Waals surface area contributed by atoms with Crippen molar-refractivity contribution in [1.82, 2.24) is 0 Å². The molecule has 7 nitrogen and oxygen atoms in total. The molecule has 3 aliphatic rings. The summed E-state index contributed by atoms with van der Waals surface area (Å²) in [5.41, 5.74) is -1.33. The first-order valence-corrected chi connectivity index (χ1v) is 16.4. The van der Waals surface area contributed by atoms with E-state index in [0.717, 1.165) is 22.9 Å². The number of allylic oxidation sites excluding steroid dienone is 1. The van der Waals surface area contributed by atoms with Gasteiger partial charge in [0.05, 0.1) is 41.4 Å². The van der Waals surface area contributed by atoms with Gasteiger partial charge < -0.3 is 19.9 Å². The maximum absolute atomic E-state index is 13.9. The molecule has 3 aromatic carbocycles. The summed E-state index contributed by atoms with van der Waals surface area (Å²) in [6, 6.07) is 11.5. The molecule has 2 aliphatic heterocycles. The van der Waals surface area contributed by atoms with Crippen molar-refractivity contribution in [3.63, 3.8) is 0 Å². The topological polar surface area (TPSA) is 107 Å². The minimum atomic E-state index is -5.19. The third-order valence-corrected chi connectivity index (χ3v) is 9.92. The van der Waals surface area contributed by atoms with Gasteiger partial charge in [-0.15, -0.1) is 0 Å². The molecule has 2 heterocycles.